The third-order valence-electron chi connectivity index (χ3n) is 3.69. The van der Waals surface area contributed by atoms with Crippen LogP contribution < -0.4 is 5.32 Å². The van der Waals surface area contributed by atoms with Gasteiger partial charge in [0.2, 0.25) is 0 Å². The topological polar surface area (TPSA) is 58.5 Å². The van der Waals surface area contributed by atoms with E-state index < -0.39 is 10.0 Å². The van der Waals surface area contributed by atoms with E-state index in [4.69, 9.17) is 11.6 Å². The molecule has 6 heteroatoms. The molecule has 0 atom stereocenters. The Kier molecular flexibility index (Phi) is 3.27. The van der Waals surface area contributed by atoms with E-state index in [1.165, 1.54) is 12.5 Å². The second kappa shape index (κ2) is 4.80. The number of anilines is 1. The Bertz CT molecular complexity index is 634. The van der Waals surface area contributed by atoms with Crippen LogP contribution in [0.3, 0.4) is 0 Å². The SMILES string of the molecule is O=S1(=O)N=C(C2CCCCC2)Nc2ccc(Cl)cc21. The molecule has 0 bridgehead atoms. The molecule has 102 valence electrons. The van der Waals surface area contributed by atoms with Crippen molar-refractivity contribution in [3.63, 3.8) is 0 Å². The van der Waals surface area contributed by atoms with E-state index in [9.17, 15) is 8.42 Å². The lowest BCUT2D eigenvalue weighted by Gasteiger charge is -2.27. The lowest BCUT2D eigenvalue weighted by molar-refractivity contribution is 0.439. The average molecular weight is 299 g/mol. The first-order chi connectivity index (χ1) is 9.06. The molecule has 1 aromatic rings. The average Bonchev–Trinajstić information content (AvgIpc) is 2.40. The highest BCUT2D eigenvalue weighted by atomic mass is 35.5. The molecule has 3 rings (SSSR count). The normalized spacial score (nSPS) is 22.3. The molecule has 1 aliphatic heterocycles. The van der Waals surface area contributed by atoms with Crippen molar-refractivity contribution in [1.29, 1.82) is 0 Å². The van der Waals surface area contributed by atoms with Crippen LogP contribution in [0.15, 0.2) is 27.5 Å². The van der Waals surface area contributed by atoms with Crippen molar-refractivity contribution in [1.82, 2.24) is 0 Å². The summed E-state index contributed by atoms with van der Waals surface area (Å²) in [4.78, 5) is 0.166. The van der Waals surface area contributed by atoms with Crippen molar-refractivity contribution in [3.8, 4) is 0 Å². The molecule has 0 aromatic heterocycles. The summed E-state index contributed by atoms with van der Waals surface area (Å²) in [6, 6.07) is 4.83. The Hall–Kier alpha value is -1.07. The molecule has 0 amide bonds. The van der Waals surface area contributed by atoms with Crippen molar-refractivity contribution < 1.29 is 8.42 Å². The third kappa shape index (κ3) is 2.49. The zero-order valence-electron chi connectivity index (χ0n) is 10.4. The fourth-order valence-electron chi connectivity index (χ4n) is 2.70. The number of halogens is 1. The zero-order valence-corrected chi connectivity index (χ0v) is 12.0. The molecule has 0 unspecified atom stereocenters. The number of sulfonamides is 1. The van der Waals surface area contributed by atoms with Gasteiger partial charge in [-0.1, -0.05) is 30.9 Å². The van der Waals surface area contributed by atoms with Gasteiger partial charge in [-0.25, -0.2) is 0 Å². The fourth-order valence-corrected chi connectivity index (χ4v) is 4.17. The zero-order chi connectivity index (χ0) is 13.5. The minimum absolute atomic E-state index is 0.166. The van der Waals surface area contributed by atoms with E-state index in [1.807, 2.05) is 0 Å². The van der Waals surface area contributed by atoms with Gasteiger partial charge in [-0.3, -0.25) is 0 Å². The molecule has 0 radical (unpaired) electrons. The van der Waals surface area contributed by atoms with Crippen LogP contribution in [0, 0.1) is 5.92 Å². The second-order valence-corrected chi connectivity index (χ2v) is 7.06. The highest BCUT2D eigenvalue weighted by Crippen LogP contribution is 2.33. The van der Waals surface area contributed by atoms with Gasteiger partial charge in [-0.2, -0.15) is 8.42 Å². The van der Waals surface area contributed by atoms with Crippen LogP contribution in [-0.4, -0.2) is 14.3 Å². The summed E-state index contributed by atoms with van der Waals surface area (Å²) in [6.45, 7) is 0. The van der Waals surface area contributed by atoms with Gasteiger partial charge in [0.25, 0.3) is 10.0 Å². The van der Waals surface area contributed by atoms with Crippen LogP contribution in [0.1, 0.15) is 32.1 Å². The summed E-state index contributed by atoms with van der Waals surface area (Å²) in [6.07, 6.45) is 5.51. The second-order valence-electron chi connectivity index (χ2n) is 5.05. The smallest absolute Gasteiger partial charge is 0.286 e. The molecule has 1 aromatic carbocycles. The molecular weight excluding hydrogens is 284 g/mol. The van der Waals surface area contributed by atoms with Crippen LogP contribution in [0.2, 0.25) is 5.02 Å². The maximum absolute atomic E-state index is 12.2. The van der Waals surface area contributed by atoms with Gasteiger partial charge in [-0.05, 0) is 31.0 Å². The lowest BCUT2D eigenvalue weighted by atomic mass is 9.88. The van der Waals surface area contributed by atoms with Gasteiger partial charge in [0.1, 0.15) is 10.7 Å². The molecule has 1 heterocycles. The van der Waals surface area contributed by atoms with E-state index in [-0.39, 0.29) is 10.8 Å². The van der Waals surface area contributed by atoms with E-state index in [0.717, 1.165) is 25.7 Å². The standard InChI is InChI=1S/C13H15ClN2O2S/c14-10-6-7-11-12(8-10)19(17,18)16-13(15-11)9-4-2-1-3-5-9/h6-9H,1-5H2,(H,15,16). The summed E-state index contributed by atoms with van der Waals surface area (Å²) in [5.41, 5.74) is 0.583. The molecule has 0 saturated heterocycles. The Balaban J connectivity index is 2.00. The number of rotatable bonds is 1. The minimum Gasteiger partial charge on any atom is -0.342 e. The minimum atomic E-state index is -3.62. The molecule has 1 aliphatic carbocycles. The van der Waals surface area contributed by atoms with Crippen molar-refractivity contribution in [2.45, 2.75) is 37.0 Å². The number of fused-ring (bicyclic) bond motifs is 1. The van der Waals surface area contributed by atoms with Gasteiger partial charge in [0, 0.05) is 10.9 Å². The van der Waals surface area contributed by atoms with Crippen molar-refractivity contribution in [3.05, 3.63) is 23.2 Å². The monoisotopic (exact) mass is 298 g/mol. The quantitative estimate of drug-likeness (QED) is 0.864. The van der Waals surface area contributed by atoms with E-state index in [1.54, 1.807) is 12.1 Å². The van der Waals surface area contributed by atoms with Crippen molar-refractivity contribution in [2.24, 2.45) is 10.3 Å². The molecular formula is C13H15ClN2O2S. The first-order valence-electron chi connectivity index (χ1n) is 6.48. The van der Waals surface area contributed by atoms with Gasteiger partial charge in [0.15, 0.2) is 0 Å². The van der Waals surface area contributed by atoms with Crippen LogP contribution in [-0.2, 0) is 10.0 Å². The lowest BCUT2D eigenvalue weighted by Crippen LogP contribution is -2.29. The predicted octanol–water partition coefficient (Wildman–Crippen LogP) is 3.43. The number of nitrogens with one attached hydrogen (secondary N) is 1. The molecule has 1 saturated carbocycles. The summed E-state index contributed by atoms with van der Waals surface area (Å²) in [5.74, 6) is 0.821. The summed E-state index contributed by atoms with van der Waals surface area (Å²) in [7, 11) is -3.62. The Morgan fingerprint density at radius 2 is 1.95 bits per heavy atom. The highest BCUT2D eigenvalue weighted by Gasteiger charge is 2.29. The van der Waals surface area contributed by atoms with Crippen LogP contribution >= 0.6 is 11.6 Å². The summed E-state index contributed by atoms with van der Waals surface area (Å²) < 4.78 is 28.3. The Labute approximate surface area is 117 Å². The highest BCUT2D eigenvalue weighted by molar-refractivity contribution is 7.90. The molecule has 1 N–H and O–H groups in total. The molecule has 0 spiro atoms. The van der Waals surface area contributed by atoms with Crippen LogP contribution in [0.25, 0.3) is 0 Å². The first-order valence-corrected chi connectivity index (χ1v) is 8.29. The van der Waals surface area contributed by atoms with Gasteiger partial charge >= 0.3 is 0 Å². The van der Waals surface area contributed by atoms with Gasteiger partial charge in [-0.15, -0.1) is 4.40 Å². The first kappa shape index (κ1) is 12.9. The Morgan fingerprint density at radius 3 is 2.68 bits per heavy atom. The van der Waals surface area contributed by atoms with Crippen molar-refractivity contribution >= 4 is 33.1 Å². The number of amidine groups is 1. The molecule has 1 fully saturated rings. The number of hydrogen-bond acceptors (Lipinski definition) is 3. The summed E-state index contributed by atoms with van der Waals surface area (Å²) >= 11 is 5.85. The van der Waals surface area contributed by atoms with Gasteiger partial charge < -0.3 is 5.32 Å². The maximum atomic E-state index is 12.2. The van der Waals surface area contributed by atoms with Crippen molar-refractivity contribution in [2.75, 3.05) is 5.32 Å². The molecule has 4 nitrogen and oxygen atoms in total. The Morgan fingerprint density at radius 1 is 1.21 bits per heavy atom. The van der Waals surface area contributed by atoms with Gasteiger partial charge in [0.05, 0.1) is 5.69 Å². The van der Waals surface area contributed by atoms with E-state index in [0.29, 0.717) is 16.5 Å². The van der Waals surface area contributed by atoms with E-state index in [2.05, 4.69) is 9.71 Å². The van der Waals surface area contributed by atoms with Crippen LogP contribution in [0.4, 0.5) is 5.69 Å². The maximum Gasteiger partial charge on any atom is 0.286 e. The third-order valence-corrected chi connectivity index (χ3v) is 5.26. The predicted molar refractivity (Wildman–Crippen MR) is 76.3 cm³/mol. The number of hydrogen-bond donors (Lipinski definition) is 1. The largest absolute Gasteiger partial charge is 0.342 e. The fraction of sp³-hybridized carbons (Fsp3) is 0.462. The molecule has 2 aliphatic rings. The molecule has 19 heavy (non-hydrogen) atoms. The summed E-state index contributed by atoms with van der Waals surface area (Å²) in [5, 5.41) is 3.56. The number of benzene rings is 1. The van der Waals surface area contributed by atoms with E-state index >= 15 is 0 Å². The van der Waals surface area contributed by atoms with Crippen LogP contribution in [0.5, 0.6) is 0 Å². The number of nitrogens with zero attached hydrogens (tertiary/aromatic N) is 1.